The highest BCUT2D eigenvalue weighted by molar-refractivity contribution is 5.23. The van der Waals surface area contributed by atoms with Gasteiger partial charge in [0.25, 0.3) is 0 Å². The van der Waals surface area contributed by atoms with Crippen molar-refractivity contribution in [1.82, 2.24) is 20.2 Å². The summed E-state index contributed by atoms with van der Waals surface area (Å²) in [5, 5.41) is 3.37. The first-order chi connectivity index (χ1) is 11.3. The molecule has 0 aliphatic carbocycles. The summed E-state index contributed by atoms with van der Waals surface area (Å²) in [4.78, 5) is 11.7. The molecule has 0 spiro atoms. The predicted molar refractivity (Wildman–Crippen MR) is 86.5 cm³/mol. The lowest BCUT2D eigenvalue weighted by Crippen LogP contribution is -2.31. The number of nitrogens with one attached hydrogen (secondary N) is 1. The van der Waals surface area contributed by atoms with E-state index in [1.54, 1.807) is 12.1 Å². The molecular weight excluding hydrogens is 291 g/mol. The minimum Gasteiger partial charge on any atom is -0.316 e. The van der Waals surface area contributed by atoms with Crippen LogP contribution in [0.5, 0.6) is 0 Å². The Kier molecular flexibility index (Phi) is 4.06. The Morgan fingerprint density at radius 3 is 3.13 bits per heavy atom. The van der Waals surface area contributed by atoms with E-state index < -0.39 is 0 Å². The number of halogens is 1. The van der Waals surface area contributed by atoms with Gasteiger partial charge in [-0.2, -0.15) is 0 Å². The summed E-state index contributed by atoms with van der Waals surface area (Å²) in [6.07, 6.45) is 4.07. The molecule has 0 unspecified atom stereocenters. The van der Waals surface area contributed by atoms with E-state index in [4.69, 9.17) is 4.98 Å². The largest absolute Gasteiger partial charge is 0.316 e. The normalized spacial score (nSPS) is 21.3. The summed E-state index contributed by atoms with van der Waals surface area (Å²) < 4.78 is 13.3. The van der Waals surface area contributed by atoms with Gasteiger partial charge in [-0.1, -0.05) is 12.1 Å². The van der Waals surface area contributed by atoms with Gasteiger partial charge in [0.05, 0.1) is 0 Å². The van der Waals surface area contributed by atoms with E-state index in [9.17, 15) is 4.39 Å². The van der Waals surface area contributed by atoms with Crippen molar-refractivity contribution in [3.05, 3.63) is 58.9 Å². The van der Waals surface area contributed by atoms with Crippen LogP contribution in [0.2, 0.25) is 0 Å². The highest BCUT2D eigenvalue weighted by Crippen LogP contribution is 2.23. The van der Waals surface area contributed by atoms with Crippen molar-refractivity contribution in [3.8, 4) is 0 Å². The second kappa shape index (κ2) is 6.34. The summed E-state index contributed by atoms with van der Waals surface area (Å²) >= 11 is 0. The van der Waals surface area contributed by atoms with Gasteiger partial charge in [-0.3, -0.25) is 4.90 Å². The van der Waals surface area contributed by atoms with Crippen LogP contribution in [0.1, 0.15) is 35.0 Å². The minimum atomic E-state index is -0.168. The van der Waals surface area contributed by atoms with E-state index >= 15 is 0 Å². The molecule has 1 N–H and O–H groups in total. The Bertz CT molecular complexity index is 697. The van der Waals surface area contributed by atoms with Gasteiger partial charge in [0, 0.05) is 56.0 Å². The van der Waals surface area contributed by atoms with Crippen molar-refractivity contribution in [2.75, 3.05) is 19.6 Å². The molecule has 3 heterocycles. The van der Waals surface area contributed by atoms with Crippen LogP contribution in [0.3, 0.4) is 0 Å². The molecule has 0 bridgehead atoms. The van der Waals surface area contributed by atoms with E-state index in [0.717, 1.165) is 57.0 Å². The SMILES string of the molecule is Fc1cccc(CN2CCc3nc([C@@H]4CCNC4)ncc3C2)c1. The van der Waals surface area contributed by atoms with Gasteiger partial charge in [-0.05, 0) is 30.7 Å². The van der Waals surface area contributed by atoms with Crippen LogP contribution < -0.4 is 5.32 Å². The average molecular weight is 312 g/mol. The quantitative estimate of drug-likeness (QED) is 0.944. The lowest BCUT2D eigenvalue weighted by Gasteiger charge is -2.28. The lowest BCUT2D eigenvalue weighted by molar-refractivity contribution is 0.242. The molecule has 1 atom stereocenters. The third-order valence-electron chi connectivity index (χ3n) is 4.75. The van der Waals surface area contributed by atoms with E-state index in [-0.39, 0.29) is 5.82 Å². The average Bonchev–Trinajstić information content (AvgIpc) is 3.09. The molecule has 1 fully saturated rings. The van der Waals surface area contributed by atoms with Crippen LogP contribution >= 0.6 is 0 Å². The summed E-state index contributed by atoms with van der Waals surface area (Å²) in [7, 11) is 0. The van der Waals surface area contributed by atoms with Crippen LogP contribution in [-0.2, 0) is 19.5 Å². The maximum atomic E-state index is 13.3. The molecule has 23 heavy (non-hydrogen) atoms. The van der Waals surface area contributed by atoms with Crippen molar-refractivity contribution in [2.45, 2.75) is 31.8 Å². The highest BCUT2D eigenvalue weighted by atomic mass is 19.1. The van der Waals surface area contributed by atoms with Crippen molar-refractivity contribution in [1.29, 1.82) is 0 Å². The van der Waals surface area contributed by atoms with Crippen LogP contribution in [0.15, 0.2) is 30.5 Å². The van der Waals surface area contributed by atoms with Crippen molar-refractivity contribution < 1.29 is 4.39 Å². The zero-order chi connectivity index (χ0) is 15.6. The smallest absolute Gasteiger partial charge is 0.132 e. The summed E-state index contributed by atoms with van der Waals surface area (Å²) in [6.45, 7) is 4.63. The summed E-state index contributed by atoms with van der Waals surface area (Å²) in [5.41, 5.74) is 3.42. The second-order valence-electron chi connectivity index (χ2n) is 6.48. The number of benzene rings is 1. The minimum absolute atomic E-state index is 0.168. The van der Waals surface area contributed by atoms with Gasteiger partial charge >= 0.3 is 0 Å². The van der Waals surface area contributed by atoms with Gasteiger partial charge in [0.1, 0.15) is 11.6 Å². The van der Waals surface area contributed by atoms with Crippen LogP contribution in [0.25, 0.3) is 0 Å². The van der Waals surface area contributed by atoms with Gasteiger partial charge in [-0.15, -0.1) is 0 Å². The standard InChI is InChI=1S/C18H21FN4/c19-16-3-1-2-13(8-16)11-23-7-5-17-15(12-23)10-21-18(22-17)14-4-6-20-9-14/h1-3,8,10,14,20H,4-7,9,11-12H2/t14-/m1/s1. The lowest BCUT2D eigenvalue weighted by atomic mass is 10.0. The molecule has 2 aliphatic heterocycles. The molecule has 1 aromatic carbocycles. The molecule has 4 nitrogen and oxygen atoms in total. The molecule has 1 saturated heterocycles. The van der Waals surface area contributed by atoms with Crippen LogP contribution in [0.4, 0.5) is 4.39 Å². The van der Waals surface area contributed by atoms with Crippen molar-refractivity contribution in [2.24, 2.45) is 0 Å². The van der Waals surface area contributed by atoms with E-state index in [0.29, 0.717) is 5.92 Å². The Morgan fingerprint density at radius 1 is 1.35 bits per heavy atom. The number of hydrogen-bond donors (Lipinski definition) is 1. The molecule has 0 amide bonds. The van der Waals surface area contributed by atoms with Crippen molar-refractivity contribution in [3.63, 3.8) is 0 Å². The third kappa shape index (κ3) is 3.26. The first-order valence-electron chi connectivity index (χ1n) is 8.30. The Morgan fingerprint density at radius 2 is 2.30 bits per heavy atom. The Hall–Kier alpha value is -1.85. The number of nitrogens with zero attached hydrogens (tertiary/aromatic N) is 3. The predicted octanol–water partition coefficient (Wildman–Crippen LogP) is 2.25. The van der Waals surface area contributed by atoms with E-state index in [1.807, 2.05) is 12.3 Å². The fraction of sp³-hybridized carbons (Fsp3) is 0.444. The van der Waals surface area contributed by atoms with Gasteiger partial charge in [-0.25, -0.2) is 14.4 Å². The number of hydrogen-bond acceptors (Lipinski definition) is 4. The van der Waals surface area contributed by atoms with Gasteiger partial charge in [0.2, 0.25) is 0 Å². The molecule has 120 valence electrons. The third-order valence-corrected chi connectivity index (χ3v) is 4.75. The van der Waals surface area contributed by atoms with Gasteiger partial charge in [0.15, 0.2) is 0 Å². The second-order valence-corrected chi connectivity index (χ2v) is 6.48. The first-order valence-corrected chi connectivity index (χ1v) is 8.30. The number of fused-ring (bicyclic) bond motifs is 1. The Balaban J connectivity index is 1.47. The molecule has 5 heteroatoms. The molecule has 1 aromatic heterocycles. The van der Waals surface area contributed by atoms with Crippen LogP contribution in [0, 0.1) is 5.82 Å². The zero-order valence-electron chi connectivity index (χ0n) is 13.1. The monoisotopic (exact) mass is 312 g/mol. The number of rotatable bonds is 3. The molecule has 2 aromatic rings. The number of aromatic nitrogens is 2. The fourth-order valence-electron chi connectivity index (χ4n) is 3.49. The van der Waals surface area contributed by atoms with E-state index in [2.05, 4.69) is 15.2 Å². The van der Waals surface area contributed by atoms with E-state index in [1.165, 1.54) is 17.3 Å². The van der Waals surface area contributed by atoms with Crippen molar-refractivity contribution >= 4 is 0 Å². The summed E-state index contributed by atoms with van der Waals surface area (Å²) in [5.74, 6) is 1.29. The maximum absolute atomic E-state index is 13.3. The highest BCUT2D eigenvalue weighted by Gasteiger charge is 2.23. The molecule has 0 radical (unpaired) electrons. The summed E-state index contributed by atoms with van der Waals surface area (Å²) in [6, 6.07) is 6.85. The maximum Gasteiger partial charge on any atom is 0.132 e. The zero-order valence-corrected chi connectivity index (χ0v) is 13.1. The molecule has 4 rings (SSSR count). The van der Waals surface area contributed by atoms with Crippen LogP contribution in [-0.4, -0.2) is 34.5 Å². The Labute approximate surface area is 135 Å². The molecular formula is C18H21FN4. The molecule has 0 saturated carbocycles. The topological polar surface area (TPSA) is 41.1 Å². The molecule has 2 aliphatic rings. The first kappa shape index (κ1) is 14.7. The van der Waals surface area contributed by atoms with Gasteiger partial charge < -0.3 is 5.32 Å². The fourth-order valence-corrected chi connectivity index (χ4v) is 3.49.